The summed E-state index contributed by atoms with van der Waals surface area (Å²) in [5.41, 5.74) is 4.25. The van der Waals surface area contributed by atoms with Crippen LogP contribution in [0.3, 0.4) is 0 Å². The number of anilines is 1. The Morgan fingerprint density at radius 1 is 1.11 bits per heavy atom. The third-order valence-electron chi connectivity index (χ3n) is 3.76. The van der Waals surface area contributed by atoms with Crippen molar-refractivity contribution >= 4 is 34.2 Å². The molecule has 3 rings (SSSR count). The quantitative estimate of drug-likeness (QED) is 0.312. The first-order chi connectivity index (χ1) is 13.1. The molecule has 0 saturated carbocycles. The van der Waals surface area contributed by atoms with Gasteiger partial charge in [0.1, 0.15) is 12.1 Å². The van der Waals surface area contributed by atoms with Crippen molar-refractivity contribution in [3.63, 3.8) is 0 Å². The average Bonchev–Trinajstić information content (AvgIpc) is 2.71. The van der Waals surface area contributed by atoms with Crippen molar-refractivity contribution < 1.29 is 18.7 Å². The van der Waals surface area contributed by atoms with Gasteiger partial charge in [-0.05, 0) is 29.8 Å². The maximum absolute atomic E-state index is 13.2. The molecule has 0 aliphatic rings. The van der Waals surface area contributed by atoms with E-state index in [1.165, 1.54) is 30.6 Å². The maximum atomic E-state index is 13.2. The molecule has 0 fully saturated rings. The second-order valence-electron chi connectivity index (χ2n) is 5.51. The number of hydrazone groups is 1. The van der Waals surface area contributed by atoms with E-state index in [1.54, 1.807) is 0 Å². The maximum Gasteiger partial charge on any atom is 0.374 e. The zero-order valence-electron chi connectivity index (χ0n) is 14.3. The molecule has 2 aromatic carbocycles. The van der Waals surface area contributed by atoms with Crippen LogP contribution in [0.15, 0.2) is 60.0 Å². The van der Waals surface area contributed by atoms with Crippen LogP contribution in [0.5, 0.6) is 0 Å². The minimum Gasteiger partial charge on any atom is -0.463 e. The lowest BCUT2D eigenvalue weighted by atomic mass is 10.1. The van der Waals surface area contributed by atoms with Gasteiger partial charge in [-0.2, -0.15) is 5.10 Å². The fourth-order valence-electron chi connectivity index (χ4n) is 2.40. The molecule has 8 heteroatoms. The Labute approximate surface area is 153 Å². The van der Waals surface area contributed by atoms with E-state index < -0.39 is 17.6 Å². The molecule has 1 N–H and O–H groups in total. The smallest absolute Gasteiger partial charge is 0.374 e. The molecule has 0 atom stereocenters. The van der Waals surface area contributed by atoms with Gasteiger partial charge in [-0.1, -0.05) is 24.3 Å². The second-order valence-corrected chi connectivity index (χ2v) is 5.51. The SMILES string of the molecule is COC(=O)C(=O)C/C(=N/Nc1ncnc2ccccc12)c1ccc(F)cc1. The molecule has 0 radical (unpaired) electrons. The molecule has 0 saturated heterocycles. The average molecular weight is 366 g/mol. The topological polar surface area (TPSA) is 93.5 Å². The summed E-state index contributed by atoms with van der Waals surface area (Å²) in [5.74, 6) is -1.73. The molecule has 0 unspecified atom stereocenters. The Morgan fingerprint density at radius 2 is 1.85 bits per heavy atom. The van der Waals surface area contributed by atoms with Crippen LogP contribution in [0.25, 0.3) is 10.9 Å². The minimum atomic E-state index is -0.975. The Kier molecular flexibility index (Phi) is 5.46. The summed E-state index contributed by atoms with van der Waals surface area (Å²) in [4.78, 5) is 31.7. The van der Waals surface area contributed by atoms with Crippen molar-refractivity contribution in [2.45, 2.75) is 6.42 Å². The second kappa shape index (κ2) is 8.13. The van der Waals surface area contributed by atoms with Crippen LogP contribution in [0, 0.1) is 5.82 Å². The Bertz CT molecular complexity index is 1010. The van der Waals surface area contributed by atoms with Crippen LogP contribution in [-0.2, 0) is 14.3 Å². The number of aromatic nitrogens is 2. The molecular weight excluding hydrogens is 351 g/mol. The largest absolute Gasteiger partial charge is 0.463 e. The van der Waals surface area contributed by atoms with Crippen LogP contribution in [0.1, 0.15) is 12.0 Å². The van der Waals surface area contributed by atoms with E-state index >= 15 is 0 Å². The number of nitrogens with zero attached hydrogens (tertiary/aromatic N) is 3. The highest BCUT2D eigenvalue weighted by Gasteiger charge is 2.18. The molecule has 1 aromatic heterocycles. The number of benzene rings is 2. The molecule has 1 heterocycles. The van der Waals surface area contributed by atoms with Crippen molar-refractivity contribution in [3.8, 4) is 0 Å². The van der Waals surface area contributed by atoms with Crippen LogP contribution in [0.2, 0.25) is 0 Å². The molecular formula is C19H15FN4O3. The molecule has 0 bridgehead atoms. The van der Waals surface area contributed by atoms with Crippen LogP contribution >= 0.6 is 0 Å². The summed E-state index contributed by atoms with van der Waals surface area (Å²) < 4.78 is 17.7. The Morgan fingerprint density at radius 3 is 2.59 bits per heavy atom. The van der Waals surface area contributed by atoms with Gasteiger partial charge in [-0.25, -0.2) is 19.2 Å². The van der Waals surface area contributed by atoms with Gasteiger partial charge in [0.25, 0.3) is 0 Å². The lowest BCUT2D eigenvalue weighted by Crippen LogP contribution is -2.20. The number of fused-ring (bicyclic) bond motifs is 1. The number of para-hydroxylation sites is 1. The molecule has 3 aromatic rings. The van der Waals surface area contributed by atoms with E-state index in [4.69, 9.17) is 0 Å². The zero-order chi connectivity index (χ0) is 19.2. The molecule has 0 spiro atoms. The third kappa shape index (κ3) is 4.30. The summed E-state index contributed by atoms with van der Waals surface area (Å²) in [7, 11) is 1.13. The van der Waals surface area contributed by atoms with E-state index in [-0.39, 0.29) is 12.1 Å². The Hall–Kier alpha value is -3.68. The van der Waals surface area contributed by atoms with E-state index in [0.29, 0.717) is 11.4 Å². The molecule has 0 aliphatic heterocycles. The zero-order valence-corrected chi connectivity index (χ0v) is 14.3. The highest BCUT2D eigenvalue weighted by molar-refractivity contribution is 6.38. The van der Waals surface area contributed by atoms with E-state index in [9.17, 15) is 14.0 Å². The first-order valence-corrected chi connectivity index (χ1v) is 7.98. The number of rotatable bonds is 6. The van der Waals surface area contributed by atoms with Crippen LogP contribution in [-0.4, -0.2) is 34.5 Å². The minimum absolute atomic E-state index is 0.244. The van der Waals surface area contributed by atoms with Gasteiger partial charge in [0, 0.05) is 5.39 Å². The highest BCUT2D eigenvalue weighted by Crippen LogP contribution is 2.19. The van der Waals surface area contributed by atoms with Crippen LogP contribution < -0.4 is 5.43 Å². The number of ketones is 1. The third-order valence-corrected chi connectivity index (χ3v) is 3.76. The highest BCUT2D eigenvalue weighted by atomic mass is 19.1. The van der Waals surface area contributed by atoms with Gasteiger partial charge in [0.15, 0.2) is 5.82 Å². The number of Topliss-reactive ketones (excluding diaryl/α,β-unsaturated/α-hetero) is 1. The van der Waals surface area contributed by atoms with Gasteiger partial charge in [-0.15, -0.1) is 0 Å². The van der Waals surface area contributed by atoms with E-state index in [1.807, 2.05) is 24.3 Å². The van der Waals surface area contributed by atoms with Gasteiger partial charge in [0.2, 0.25) is 5.78 Å². The molecule has 7 nitrogen and oxygen atoms in total. The molecule has 0 amide bonds. The van der Waals surface area contributed by atoms with Crippen molar-refractivity contribution in [2.75, 3.05) is 12.5 Å². The van der Waals surface area contributed by atoms with Gasteiger partial charge >= 0.3 is 5.97 Å². The number of nitrogens with one attached hydrogen (secondary N) is 1. The fraction of sp³-hybridized carbons (Fsp3) is 0.105. The number of ether oxygens (including phenoxy) is 1. The number of hydrogen-bond acceptors (Lipinski definition) is 7. The van der Waals surface area contributed by atoms with Gasteiger partial charge in [0.05, 0.1) is 24.8 Å². The molecule has 27 heavy (non-hydrogen) atoms. The summed E-state index contributed by atoms with van der Waals surface area (Å²) in [6.07, 6.45) is 1.08. The number of esters is 1. The van der Waals surface area contributed by atoms with E-state index in [0.717, 1.165) is 18.0 Å². The molecule has 136 valence electrons. The van der Waals surface area contributed by atoms with Crippen LogP contribution in [0.4, 0.5) is 10.2 Å². The summed E-state index contributed by atoms with van der Waals surface area (Å²) in [6.45, 7) is 0. The normalized spacial score (nSPS) is 11.3. The Balaban J connectivity index is 1.94. The summed E-state index contributed by atoms with van der Waals surface area (Å²) in [6, 6.07) is 12.8. The molecule has 0 aliphatic carbocycles. The predicted molar refractivity (Wildman–Crippen MR) is 97.7 cm³/mol. The first kappa shape index (κ1) is 18.1. The standard InChI is InChI=1S/C19H15FN4O3/c1-27-19(26)17(25)10-16(12-6-8-13(20)9-7-12)23-24-18-14-4-2-3-5-15(14)21-11-22-18/h2-9,11H,10H2,1H3,(H,21,22,24)/b23-16-. The number of carbonyl (C=O) groups is 2. The van der Waals surface area contributed by atoms with Gasteiger partial charge in [-0.3, -0.25) is 10.2 Å². The van der Waals surface area contributed by atoms with Gasteiger partial charge < -0.3 is 4.74 Å². The monoisotopic (exact) mass is 366 g/mol. The summed E-state index contributed by atoms with van der Waals surface area (Å²) in [5, 5.41) is 4.96. The van der Waals surface area contributed by atoms with E-state index in [2.05, 4.69) is 25.2 Å². The van der Waals surface area contributed by atoms with Crippen molar-refractivity contribution in [1.82, 2.24) is 9.97 Å². The van der Waals surface area contributed by atoms with Crippen molar-refractivity contribution in [3.05, 3.63) is 66.2 Å². The first-order valence-electron chi connectivity index (χ1n) is 7.98. The lowest BCUT2D eigenvalue weighted by molar-refractivity contribution is -0.151. The number of carbonyl (C=O) groups excluding carboxylic acids is 2. The number of halogens is 1. The fourth-order valence-corrected chi connectivity index (χ4v) is 2.40. The predicted octanol–water partition coefficient (Wildman–Crippen LogP) is 2.72. The number of hydrogen-bond donors (Lipinski definition) is 1. The van der Waals surface area contributed by atoms with Crippen molar-refractivity contribution in [1.29, 1.82) is 0 Å². The summed E-state index contributed by atoms with van der Waals surface area (Å²) >= 11 is 0. The number of methoxy groups -OCH3 is 1. The van der Waals surface area contributed by atoms with Crippen molar-refractivity contribution in [2.24, 2.45) is 5.10 Å². The lowest BCUT2D eigenvalue weighted by Gasteiger charge is -2.08.